The Morgan fingerprint density at radius 3 is 2.43 bits per heavy atom. The molecule has 0 saturated carbocycles. The van der Waals surface area contributed by atoms with Crippen molar-refractivity contribution in [1.29, 1.82) is 0 Å². The van der Waals surface area contributed by atoms with Crippen molar-refractivity contribution < 1.29 is 13.6 Å². The van der Waals surface area contributed by atoms with Crippen molar-refractivity contribution in [3.8, 4) is 11.3 Å². The summed E-state index contributed by atoms with van der Waals surface area (Å²) in [7, 11) is 0. The maximum absolute atomic E-state index is 13.1. The van der Waals surface area contributed by atoms with E-state index in [0.29, 0.717) is 0 Å². The molecule has 0 radical (unpaired) electrons. The molecule has 7 heteroatoms. The maximum Gasteiger partial charge on any atom is 0.226 e. The van der Waals surface area contributed by atoms with Crippen LogP contribution in [0.15, 0.2) is 60.1 Å². The van der Waals surface area contributed by atoms with E-state index < -0.39 is 0 Å². The van der Waals surface area contributed by atoms with Gasteiger partial charge in [0.05, 0.1) is 18.2 Å². The van der Waals surface area contributed by atoms with Crippen LogP contribution in [-0.4, -0.2) is 15.3 Å². The minimum Gasteiger partial charge on any atom is -0.349 e. The van der Waals surface area contributed by atoms with E-state index in [4.69, 9.17) is 0 Å². The van der Waals surface area contributed by atoms with Gasteiger partial charge in [-0.15, -0.1) is 11.3 Å². The van der Waals surface area contributed by atoms with Gasteiger partial charge in [0.2, 0.25) is 5.91 Å². The Balaban J connectivity index is 1.49. The molecule has 4 rings (SSSR count). The molecule has 1 unspecified atom stereocenters. The van der Waals surface area contributed by atoms with Gasteiger partial charge in [-0.05, 0) is 48.9 Å². The third-order valence-corrected chi connectivity index (χ3v) is 5.40. The lowest BCUT2D eigenvalue weighted by Crippen LogP contribution is -2.28. The van der Waals surface area contributed by atoms with Crippen molar-refractivity contribution >= 4 is 22.2 Å². The monoisotopic (exact) mass is 397 g/mol. The molecule has 2 heterocycles. The minimum absolute atomic E-state index is 0.131. The van der Waals surface area contributed by atoms with Gasteiger partial charge in [-0.3, -0.25) is 9.20 Å². The fourth-order valence-electron chi connectivity index (χ4n) is 3.01. The number of amides is 1. The van der Waals surface area contributed by atoms with Gasteiger partial charge in [-0.1, -0.05) is 12.1 Å². The van der Waals surface area contributed by atoms with Gasteiger partial charge in [0.1, 0.15) is 11.6 Å². The zero-order valence-electron chi connectivity index (χ0n) is 15.0. The van der Waals surface area contributed by atoms with E-state index >= 15 is 0 Å². The smallest absolute Gasteiger partial charge is 0.226 e. The first-order valence-corrected chi connectivity index (χ1v) is 9.64. The Kier molecular flexibility index (Phi) is 4.92. The number of nitrogens with one attached hydrogen (secondary N) is 1. The lowest BCUT2D eigenvalue weighted by atomic mass is 10.1. The molecule has 28 heavy (non-hydrogen) atoms. The summed E-state index contributed by atoms with van der Waals surface area (Å²) in [4.78, 5) is 17.8. The third kappa shape index (κ3) is 3.80. The van der Waals surface area contributed by atoms with E-state index in [0.717, 1.165) is 27.5 Å². The second-order valence-corrected chi connectivity index (χ2v) is 7.37. The van der Waals surface area contributed by atoms with Gasteiger partial charge < -0.3 is 5.32 Å². The van der Waals surface area contributed by atoms with Gasteiger partial charge in [0, 0.05) is 22.8 Å². The van der Waals surface area contributed by atoms with Crippen molar-refractivity contribution in [2.75, 3.05) is 0 Å². The molecule has 1 amide bonds. The maximum atomic E-state index is 13.1. The first-order chi connectivity index (χ1) is 13.5. The van der Waals surface area contributed by atoms with Crippen LogP contribution in [0.3, 0.4) is 0 Å². The molecule has 142 valence electrons. The summed E-state index contributed by atoms with van der Waals surface area (Å²) in [5.41, 5.74) is 3.21. The molecule has 0 spiro atoms. The molecule has 0 aliphatic carbocycles. The fourth-order valence-corrected chi connectivity index (χ4v) is 3.88. The molecule has 2 aromatic heterocycles. The number of halogens is 2. The van der Waals surface area contributed by atoms with E-state index in [1.54, 1.807) is 24.3 Å². The number of rotatable bonds is 5. The number of fused-ring (bicyclic) bond motifs is 1. The van der Waals surface area contributed by atoms with Crippen LogP contribution in [-0.2, 0) is 11.2 Å². The standard InChI is InChI=1S/C21H17F2N3OS/c1-13(14-2-6-16(22)7-3-14)24-20(27)10-18-12-28-21-25-19(11-26(18)21)15-4-8-17(23)9-5-15/h2-9,11-13H,10H2,1H3,(H,24,27). The second kappa shape index (κ2) is 7.52. The molecule has 0 saturated heterocycles. The topological polar surface area (TPSA) is 46.4 Å². The van der Waals surface area contributed by atoms with Crippen molar-refractivity contribution in [3.05, 3.63) is 83.0 Å². The highest BCUT2D eigenvalue weighted by molar-refractivity contribution is 7.15. The number of carbonyl (C=O) groups excluding carboxylic acids is 1. The van der Waals surface area contributed by atoms with Crippen LogP contribution in [0, 0.1) is 11.6 Å². The van der Waals surface area contributed by atoms with Crippen LogP contribution in [0.5, 0.6) is 0 Å². The van der Waals surface area contributed by atoms with E-state index in [1.807, 2.05) is 22.9 Å². The summed E-state index contributed by atoms with van der Waals surface area (Å²) in [6, 6.07) is 12.0. The first-order valence-electron chi connectivity index (χ1n) is 8.76. The van der Waals surface area contributed by atoms with Gasteiger partial charge in [0.25, 0.3) is 0 Å². The summed E-state index contributed by atoms with van der Waals surface area (Å²) in [5.74, 6) is -0.731. The number of hydrogen-bond donors (Lipinski definition) is 1. The van der Waals surface area contributed by atoms with Crippen molar-refractivity contribution in [2.24, 2.45) is 0 Å². The molecular weight excluding hydrogens is 380 g/mol. The first kappa shape index (κ1) is 18.3. The molecule has 0 fully saturated rings. The Hall–Kier alpha value is -3.06. The number of hydrogen-bond acceptors (Lipinski definition) is 3. The predicted octanol–water partition coefficient (Wildman–Crippen LogP) is 4.76. The van der Waals surface area contributed by atoms with Crippen LogP contribution in [0.1, 0.15) is 24.2 Å². The van der Waals surface area contributed by atoms with Crippen LogP contribution in [0.2, 0.25) is 0 Å². The number of nitrogens with zero attached hydrogens (tertiary/aromatic N) is 2. The molecule has 0 bridgehead atoms. The molecule has 1 N–H and O–H groups in total. The predicted molar refractivity (Wildman–Crippen MR) is 105 cm³/mol. The second-order valence-electron chi connectivity index (χ2n) is 6.53. The van der Waals surface area contributed by atoms with Crippen molar-refractivity contribution in [3.63, 3.8) is 0 Å². The Morgan fingerprint density at radius 1 is 1.11 bits per heavy atom. The average Bonchev–Trinajstić information content (AvgIpc) is 3.25. The highest BCUT2D eigenvalue weighted by Crippen LogP contribution is 2.24. The summed E-state index contributed by atoms with van der Waals surface area (Å²) in [5, 5.41) is 4.83. The summed E-state index contributed by atoms with van der Waals surface area (Å²) in [6.45, 7) is 1.86. The van der Waals surface area contributed by atoms with Gasteiger partial charge in [-0.2, -0.15) is 0 Å². The molecule has 0 aliphatic rings. The largest absolute Gasteiger partial charge is 0.349 e. The number of imidazole rings is 1. The lowest BCUT2D eigenvalue weighted by molar-refractivity contribution is -0.121. The van der Waals surface area contributed by atoms with Crippen LogP contribution in [0.4, 0.5) is 8.78 Å². The molecule has 4 aromatic rings. The Labute approximate surface area is 164 Å². The molecule has 0 aliphatic heterocycles. The van der Waals surface area contributed by atoms with Crippen LogP contribution in [0.25, 0.3) is 16.2 Å². The molecular formula is C21H17F2N3OS. The summed E-state index contributed by atoms with van der Waals surface area (Å²) in [6.07, 6.45) is 2.05. The Morgan fingerprint density at radius 2 is 1.75 bits per heavy atom. The van der Waals surface area contributed by atoms with Crippen LogP contribution < -0.4 is 5.32 Å². The quantitative estimate of drug-likeness (QED) is 0.528. The molecule has 2 aromatic carbocycles. The number of aromatic nitrogens is 2. The highest BCUT2D eigenvalue weighted by Gasteiger charge is 2.15. The van der Waals surface area contributed by atoms with Gasteiger partial charge in [0.15, 0.2) is 4.96 Å². The lowest BCUT2D eigenvalue weighted by Gasteiger charge is -2.14. The zero-order chi connectivity index (χ0) is 19.7. The zero-order valence-corrected chi connectivity index (χ0v) is 15.8. The highest BCUT2D eigenvalue weighted by atomic mass is 32.1. The van der Waals surface area contributed by atoms with Crippen molar-refractivity contribution in [1.82, 2.24) is 14.7 Å². The van der Waals surface area contributed by atoms with E-state index in [9.17, 15) is 13.6 Å². The molecule has 4 nitrogen and oxygen atoms in total. The molecule has 1 atom stereocenters. The SMILES string of the molecule is CC(NC(=O)Cc1csc2nc(-c3ccc(F)cc3)cn12)c1ccc(F)cc1. The van der Waals surface area contributed by atoms with E-state index in [2.05, 4.69) is 10.3 Å². The van der Waals surface area contributed by atoms with Crippen molar-refractivity contribution in [2.45, 2.75) is 19.4 Å². The fraction of sp³-hybridized carbons (Fsp3) is 0.143. The number of thiazole rings is 1. The average molecular weight is 397 g/mol. The van der Waals surface area contributed by atoms with Gasteiger partial charge in [-0.25, -0.2) is 13.8 Å². The summed E-state index contributed by atoms with van der Waals surface area (Å²) >= 11 is 1.45. The van der Waals surface area contributed by atoms with Crippen LogP contribution >= 0.6 is 11.3 Å². The van der Waals surface area contributed by atoms with E-state index in [-0.39, 0.29) is 30.0 Å². The summed E-state index contributed by atoms with van der Waals surface area (Å²) < 4.78 is 28.0. The van der Waals surface area contributed by atoms with Gasteiger partial charge >= 0.3 is 0 Å². The number of benzene rings is 2. The Bertz CT molecular complexity index is 1120. The van der Waals surface area contributed by atoms with E-state index in [1.165, 1.54) is 35.6 Å². The number of carbonyl (C=O) groups is 1. The normalized spacial score (nSPS) is 12.2. The minimum atomic E-state index is -0.306. The third-order valence-electron chi connectivity index (χ3n) is 4.51.